The Morgan fingerprint density at radius 1 is 1.40 bits per heavy atom. The molecule has 0 fully saturated rings. The van der Waals surface area contributed by atoms with Gasteiger partial charge in [0.1, 0.15) is 4.88 Å². The van der Waals surface area contributed by atoms with E-state index in [1.807, 2.05) is 20.8 Å². The van der Waals surface area contributed by atoms with Crippen LogP contribution in [0.15, 0.2) is 22.7 Å². The molecule has 0 spiro atoms. The molecule has 0 unspecified atom stereocenters. The van der Waals surface area contributed by atoms with Crippen LogP contribution in [-0.4, -0.2) is 15.5 Å². The third-order valence-electron chi connectivity index (χ3n) is 2.58. The third-order valence-corrected chi connectivity index (χ3v) is 4.23. The highest BCUT2D eigenvalue weighted by Crippen LogP contribution is 2.29. The fourth-order valence-corrected chi connectivity index (χ4v) is 2.89. The van der Waals surface area contributed by atoms with Crippen LogP contribution in [0.25, 0.3) is 0 Å². The van der Waals surface area contributed by atoms with Crippen molar-refractivity contribution in [1.29, 1.82) is 0 Å². The Labute approximate surface area is 134 Å². The highest BCUT2D eigenvalue weighted by Gasteiger charge is 2.26. The molecular formula is C13H13BrClN3OS. The lowest BCUT2D eigenvalue weighted by Crippen LogP contribution is -2.20. The van der Waals surface area contributed by atoms with Crippen molar-refractivity contribution in [2.24, 2.45) is 0 Å². The highest BCUT2D eigenvalue weighted by molar-refractivity contribution is 9.10. The minimum absolute atomic E-state index is 0.229. The lowest BCUT2D eigenvalue weighted by atomic mass is 9.91. The summed E-state index contributed by atoms with van der Waals surface area (Å²) in [5.41, 5.74) is 1.08. The minimum Gasteiger partial charge on any atom is -0.320 e. The van der Waals surface area contributed by atoms with Gasteiger partial charge in [0.15, 0.2) is 0 Å². The Morgan fingerprint density at radius 2 is 2.10 bits per heavy atom. The summed E-state index contributed by atoms with van der Waals surface area (Å²) in [5.74, 6) is -0.229. The lowest BCUT2D eigenvalue weighted by Gasteiger charge is -2.16. The Bertz CT molecular complexity index is 651. The van der Waals surface area contributed by atoms with Crippen molar-refractivity contribution in [3.8, 4) is 0 Å². The molecule has 0 aliphatic heterocycles. The zero-order valence-corrected chi connectivity index (χ0v) is 14.4. The van der Waals surface area contributed by atoms with Crippen molar-refractivity contribution in [3.63, 3.8) is 0 Å². The van der Waals surface area contributed by atoms with Crippen molar-refractivity contribution in [1.82, 2.24) is 9.59 Å². The van der Waals surface area contributed by atoms with E-state index < -0.39 is 0 Å². The topological polar surface area (TPSA) is 54.9 Å². The predicted octanol–water partition coefficient (Wildman–Crippen LogP) is 4.50. The minimum atomic E-state index is -0.231. The molecule has 0 radical (unpaired) electrons. The Hall–Kier alpha value is -0.980. The van der Waals surface area contributed by atoms with Gasteiger partial charge >= 0.3 is 0 Å². The zero-order chi connectivity index (χ0) is 14.9. The molecule has 1 N–H and O–H groups in total. The van der Waals surface area contributed by atoms with Gasteiger partial charge in [0.05, 0.1) is 11.4 Å². The van der Waals surface area contributed by atoms with Gasteiger partial charge in [0.25, 0.3) is 5.91 Å². The summed E-state index contributed by atoms with van der Waals surface area (Å²) in [5, 5.41) is 7.44. The molecule has 2 rings (SSSR count). The molecule has 20 heavy (non-hydrogen) atoms. The highest BCUT2D eigenvalue weighted by atomic mass is 79.9. The molecule has 0 saturated carbocycles. The summed E-state index contributed by atoms with van der Waals surface area (Å²) in [4.78, 5) is 12.9. The quantitative estimate of drug-likeness (QED) is 0.841. The number of carbonyl (C=O) groups is 1. The number of amides is 1. The molecule has 0 aliphatic rings. The average Bonchev–Trinajstić information content (AvgIpc) is 2.82. The van der Waals surface area contributed by atoms with Crippen LogP contribution in [-0.2, 0) is 5.41 Å². The van der Waals surface area contributed by atoms with E-state index in [1.54, 1.807) is 18.2 Å². The SMILES string of the molecule is CC(C)(C)c1nnsc1C(=O)Nc1cc(Cl)ccc1Br. The van der Waals surface area contributed by atoms with Crippen molar-refractivity contribution < 1.29 is 4.79 Å². The van der Waals surface area contributed by atoms with Crippen LogP contribution in [0.5, 0.6) is 0 Å². The number of benzene rings is 1. The van der Waals surface area contributed by atoms with Crippen molar-refractivity contribution in [3.05, 3.63) is 38.3 Å². The maximum atomic E-state index is 12.4. The maximum Gasteiger partial charge on any atom is 0.269 e. The molecule has 7 heteroatoms. The molecule has 0 bridgehead atoms. The van der Waals surface area contributed by atoms with E-state index in [0.29, 0.717) is 21.3 Å². The van der Waals surface area contributed by atoms with E-state index in [0.717, 1.165) is 16.0 Å². The Balaban J connectivity index is 2.30. The Morgan fingerprint density at radius 3 is 2.75 bits per heavy atom. The van der Waals surface area contributed by atoms with Gasteiger partial charge in [-0.15, -0.1) is 5.10 Å². The van der Waals surface area contributed by atoms with Gasteiger partial charge in [0.2, 0.25) is 0 Å². The lowest BCUT2D eigenvalue weighted by molar-refractivity contribution is 0.102. The Kier molecular flexibility index (Phi) is 4.46. The van der Waals surface area contributed by atoms with Crippen molar-refractivity contribution in [2.75, 3.05) is 5.32 Å². The predicted molar refractivity (Wildman–Crippen MR) is 85.7 cm³/mol. The first kappa shape index (κ1) is 15.4. The van der Waals surface area contributed by atoms with Crippen LogP contribution < -0.4 is 5.32 Å². The van der Waals surface area contributed by atoms with Gasteiger partial charge in [-0.2, -0.15) is 0 Å². The molecule has 106 valence electrons. The monoisotopic (exact) mass is 373 g/mol. The molecule has 1 heterocycles. The number of aromatic nitrogens is 2. The third kappa shape index (κ3) is 3.37. The molecule has 4 nitrogen and oxygen atoms in total. The van der Waals surface area contributed by atoms with E-state index in [-0.39, 0.29) is 11.3 Å². The second-order valence-corrected chi connectivity index (χ2v) is 7.32. The summed E-state index contributed by atoms with van der Waals surface area (Å²) in [6, 6.07) is 5.22. The van der Waals surface area contributed by atoms with E-state index in [1.165, 1.54) is 0 Å². The number of rotatable bonds is 2. The number of hydrogen-bond donors (Lipinski definition) is 1. The first-order valence-corrected chi connectivity index (χ1v) is 7.82. The zero-order valence-electron chi connectivity index (χ0n) is 11.2. The normalized spacial score (nSPS) is 11.4. The molecule has 2 aromatic rings. The van der Waals surface area contributed by atoms with Gasteiger partial charge < -0.3 is 5.32 Å². The van der Waals surface area contributed by atoms with E-state index in [2.05, 4.69) is 30.8 Å². The first-order valence-electron chi connectivity index (χ1n) is 5.88. The van der Waals surface area contributed by atoms with Gasteiger partial charge in [-0.25, -0.2) is 0 Å². The average molecular weight is 375 g/mol. The molecule has 0 atom stereocenters. The number of carbonyl (C=O) groups excluding carboxylic acids is 1. The van der Waals surface area contributed by atoms with Crippen LogP contribution in [0.2, 0.25) is 5.02 Å². The van der Waals surface area contributed by atoms with Gasteiger partial charge in [-0.3, -0.25) is 4.79 Å². The maximum absolute atomic E-state index is 12.4. The largest absolute Gasteiger partial charge is 0.320 e. The molecule has 0 saturated heterocycles. The van der Waals surface area contributed by atoms with Crippen LogP contribution in [0.1, 0.15) is 36.1 Å². The number of hydrogen-bond acceptors (Lipinski definition) is 4. The fourth-order valence-electron chi connectivity index (χ4n) is 1.60. The van der Waals surface area contributed by atoms with Gasteiger partial charge in [-0.1, -0.05) is 36.9 Å². The van der Waals surface area contributed by atoms with E-state index >= 15 is 0 Å². The van der Waals surface area contributed by atoms with Gasteiger partial charge in [0, 0.05) is 14.9 Å². The van der Waals surface area contributed by atoms with Crippen LogP contribution in [0, 0.1) is 0 Å². The number of nitrogens with zero attached hydrogens (tertiary/aromatic N) is 2. The van der Waals surface area contributed by atoms with Gasteiger partial charge in [-0.05, 0) is 45.7 Å². The molecule has 1 aromatic heterocycles. The second kappa shape index (κ2) is 5.79. The van der Waals surface area contributed by atoms with E-state index in [9.17, 15) is 4.79 Å². The van der Waals surface area contributed by atoms with Crippen LogP contribution in [0.4, 0.5) is 5.69 Å². The molecule has 1 amide bonds. The van der Waals surface area contributed by atoms with Crippen LogP contribution in [0.3, 0.4) is 0 Å². The number of halogens is 2. The summed E-state index contributed by atoms with van der Waals surface area (Å²) >= 11 is 10.4. The summed E-state index contributed by atoms with van der Waals surface area (Å²) in [6.07, 6.45) is 0. The first-order chi connectivity index (χ1) is 9.29. The molecular weight excluding hydrogens is 362 g/mol. The van der Waals surface area contributed by atoms with E-state index in [4.69, 9.17) is 11.6 Å². The summed E-state index contributed by atoms with van der Waals surface area (Å²) in [7, 11) is 0. The standard InChI is InChI=1S/C13H13BrClN3OS/c1-13(2,3)11-10(20-18-17-11)12(19)16-9-6-7(15)4-5-8(9)14/h4-6H,1-3H3,(H,16,19). The van der Waals surface area contributed by atoms with Crippen molar-refractivity contribution in [2.45, 2.75) is 26.2 Å². The summed E-state index contributed by atoms with van der Waals surface area (Å²) < 4.78 is 4.65. The van der Waals surface area contributed by atoms with Crippen LogP contribution >= 0.6 is 39.1 Å². The molecule has 0 aliphatic carbocycles. The van der Waals surface area contributed by atoms with Crippen molar-refractivity contribution >= 4 is 50.7 Å². The summed E-state index contributed by atoms with van der Waals surface area (Å²) in [6.45, 7) is 5.99. The fraction of sp³-hybridized carbons (Fsp3) is 0.308. The number of anilines is 1. The molecule has 1 aromatic carbocycles. The second-order valence-electron chi connectivity index (χ2n) is 5.28. The number of nitrogens with one attached hydrogen (secondary N) is 1. The smallest absolute Gasteiger partial charge is 0.269 e.